The molecule has 0 N–H and O–H groups in total. The maximum absolute atomic E-state index is 5.08. The number of aromatic nitrogens is 3. The molecule has 7 aromatic rings. The van der Waals surface area contributed by atoms with Crippen molar-refractivity contribution in [3.63, 3.8) is 0 Å². The Morgan fingerprint density at radius 2 is 1.39 bits per heavy atom. The van der Waals surface area contributed by atoms with Crippen LogP contribution in [0.25, 0.3) is 64.6 Å². The van der Waals surface area contributed by atoms with Gasteiger partial charge < -0.3 is 0 Å². The van der Waals surface area contributed by atoms with E-state index in [1.165, 1.54) is 15.5 Å². The fraction of sp³-hybridized carbons (Fsp3) is 0. The van der Waals surface area contributed by atoms with Gasteiger partial charge in [-0.15, -0.1) is 11.3 Å². The highest BCUT2D eigenvalue weighted by Gasteiger charge is 2.16. The third-order valence-electron chi connectivity index (χ3n) is 6.12. The van der Waals surface area contributed by atoms with Crippen molar-refractivity contribution < 1.29 is 0 Å². The van der Waals surface area contributed by atoms with Crippen molar-refractivity contribution in [1.82, 2.24) is 15.0 Å². The van der Waals surface area contributed by atoms with E-state index in [-0.39, 0.29) is 0 Å². The average molecular weight is 440 g/mol. The maximum atomic E-state index is 5.08. The summed E-state index contributed by atoms with van der Waals surface area (Å²) in [6, 6.07) is 33.5. The average Bonchev–Trinajstić information content (AvgIpc) is 3.27. The van der Waals surface area contributed by atoms with Gasteiger partial charge in [0.2, 0.25) is 0 Å². The molecule has 0 bridgehead atoms. The van der Waals surface area contributed by atoms with Crippen LogP contribution in [0.3, 0.4) is 0 Å². The monoisotopic (exact) mass is 439 g/mol. The van der Waals surface area contributed by atoms with Crippen LogP contribution >= 0.6 is 11.3 Å². The highest BCUT2D eigenvalue weighted by molar-refractivity contribution is 7.26. The summed E-state index contributed by atoms with van der Waals surface area (Å²) in [6.45, 7) is 0. The quantitative estimate of drug-likeness (QED) is 0.257. The topological polar surface area (TPSA) is 38.7 Å². The van der Waals surface area contributed by atoms with Crippen molar-refractivity contribution in [1.29, 1.82) is 0 Å². The smallest absolute Gasteiger partial charge is 0.160 e. The summed E-state index contributed by atoms with van der Waals surface area (Å²) in [7, 11) is 0. The predicted octanol–water partition coefficient (Wildman–Crippen LogP) is 7.88. The van der Waals surface area contributed by atoms with Gasteiger partial charge in [0.25, 0.3) is 0 Å². The first-order chi connectivity index (χ1) is 16.3. The lowest BCUT2D eigenvalue weighted by molar-refractivity contribution is 1.24. The second-order valence-corrected chi connectivity index (χ2v) is 9.17. The first-order valence-corrected chi connectivity index (χ1v) is 11.7. The lowest BCUT2D eigenvalue weighted by Crippen LogP contribution is -1.94. The number of hydrogen-bond donors (Lipinski definition) is 0. The van der Waals surface area contributed by atoms with Gasteiger partial charge in [0, 0.05) is 38.2 Å². The van der Waals surface area contributed by atoms with Gasteiger partial charge in [0.15, 0.2) is 5.82 Å². The Labute approximate surface area is 194 Å². The molecule has 7 rings (SSSR count). The largest absolute Gasteiger partial charge is 0.256 e. The zero-order valence-electron chi connectivity index (χ0n) is 17.6. The third kappa shape index (κ3) is 2.92. The molecule has 0 unspecified atom stereocenters. The second kappa shape index (κ2) is 7.19. The Kier molecular flexibility index (Phi) is 4.01. The summed E-state index contributed by atoms with van der Waals surface area (Å²) >= 11 is 1.75. The molecule has 0 aliphatic carbocycles. The Hall–Kier alpha value is -4.15. The molecule has 0 atom stereocenters. The molecule has 3 nitrogen and oxygen atoms in total. The molecular formula is C29H17N3S. The maximum Gasteiger partial charge on any atom is 0.160 e. The Bertz CT molecular complexity index is 1820. The van der Waals surface area contributed by atoms with Crippen molar-refractivity contribution in [2.75, 3.05) is 0 Å². The predicted molar refractivity (Wildman–Crippen MR) is 139 cm³/mol. The highest BCUT2D eigenvalue weighted by Crippen LogP contribution is 2.39. The fourth-order valence-electron chi connectivity index (χ4n) is 4.51. The van der Waals surface area contributed by atoms with Crippen molar-refractivity contribution in [2.24, 2.45) is 0 Å². The lowest BCUT2D eigenvalue weighted by atomic mass is 10.0. The Balaban J connectivity index is 1.52. The zero-order chi connectivity index (χ0) is 21.8. The first-order valence-electron chi connectivity index (χ1n) is 10.9. The van der Waals surface area contributed by atoms with Gasteiger partial charge in [-0.1, -0.05) is 84.9 Å². The van der Waals surface area contributed by atoms with Crippen LogP contribution in [0.15, 0.2) is 103 Å². The van der Waals surface area contributed by atoms with Crippen LogP contribution in [0.4, 0.5) is 0 Å². The SMILES string of the molecule is c1ccc(-c2nc(-c3ccc4c(c3)ncc3ccccc34)nc3c2sc2ccccc23)cc1. The number of pyridine rings is 1. The number of thiophene rings is 1. The Morgan fingerprint density at radius 3 is 2.30 bits per heavy atom. The van der Waals surface area contributed by atoms with E-state index in [1.54, 1.807) is 11.3 Å². The van der Waals surface area contributed by atoms with E-state index in [1.807, 2.05) is 18.3 Å². The van der Waals surface area contributed by atoms with Crippen LogP contribution in [0.2, 0.25) is 0 Å². The van der Waals surface area contributed by atoms with E-state index in [4.69, 9.17) is 15.0 Å². The lowest BCUT2D eigenvalue weighted by Gasteiger charge is -2.08. The molecule has 0 saturated heterocycles. The molecule has 154 valence electrons. The molecule has 33 heavy (non-hydrogen) atoms. The van der Waals surface area contributed by atoms with Gasteiger partial charge in [-0.25, -0.2) is 9.97 Å². The summed E-state index contributed by atoms with van der Waals surface area (Å²) < 4.78 is 2.35. The molecule has 4 heteroatoms. The minimum atomic E-state index is 0.724. The normalized spacial score (nSPS) is 11.6. The minimum Gasteiger partial charge on any atom is -0.256 e. The van der Waals surface area contributed by atoms with Crippen LogP contribution in [0.5, 0.6) is 0 Å². The van der Waals surface area contributed by atoms with Crippen LogP contribution in [-0.4, -0.2) is 15.0 Å². The van der Waals surface area contributed by atoms with Gasteiger partial charge in [0.1, 0.15) is 0 Å². The zero-order valence-corrected chi connectivity index (χ0v) is 18.4. The van der Waals surface area contributed by atoms with Crippen molar-refractivity contribution >= 4 is 53.3 Å². The van der Waals surface area contributed by atoms with Crippen LogP contribution in [0.1, 0.15) is 0 Å². The minimum absolute atomic E-state index is 0.724. The third-order valence-corrected chi connectivity index (χ3v) is 7.28. The van der Waals surface area contributed by atoms with E-state index >= 15 is 0 Å². The fourth-order valence-corrected chi connectivity index (χ4v) is 5.66. The summed E-state index contributed by atoms with van der Waals surface area (Å²) in [6.07, 6.45) is 1.94. The Morgan fingerprint density at radius 1 is 0.606 bits per heavy atom. The highest BCUT2D eigenvalue weighted by atomic mass is 32.1. The van der Waals surface area contributed by atoms with E-state index < -0.39 is 0 Å². The first kappa shape index (κ1) is 18.4. The van der Waals surface area contributed by atoms with Gasteiger partial charge in [0.05, 0.1) is 21.4 Å². The standard InChI is InChI=1S/C29H17N3S/c1-2-8-18(9-3-1)26-28-27(23-12-6-7-13-25(23)33-28)32-29(31-26)19-14-15-22-21-11-5-4-10-20(21)17-30-24(22)16-19/h1-17H. The summed E-state index contributed by atoms with van der Waals surface area (Å²) in [5.41, 5.74) is 5.00. The second-order valence-electron chi connectivity index (χ2n) is 8.12. The van der Waals surface area contributed by atoms with Crippen LogP contribution in [0, 0.1) is 0 Å². The molecule has 0 amide bonds. The molecule has 0 spiro atoms. The number of hydrogen-bond acceptors (Lipinski definition) is 4. The number of nitrogens with zero attached hydrogens (tertiary/aromatic N) is 3. The molecule has 0 radical (unpaired) electrons. The molecule has 0 aliphatic heterocycles. The number of benzene rings is 4. The van der Waals surface area contributed by atoms with Crippen molar-refractivity contribution in [3.05, 3.63) is 103 Å². The molecule has 0 saturated carbocycles. The van der Waals surface area contributed by atoms with Crippen molar-refractivity contribution in [3.8, 4) is 22.6 Å². The summed E-state index contributed by atoms with van der Waals surface area (Å²) in [4.78, 5) is 14.9. The van der Waals surface area contributed by atoms with Gasteiger partial charge in [-0.2, -0.15) is 0 Å². The molecule has 3 aromatic heterocycles. The van der Waals surface area contributed by atoms with Gasteiger partial charge in [-0.05, 0) is 17.5 Å². The van der Waals surface area contributed by atoms with E-state index in [2.05, 4.69) is 84.9 Å². The molecular weight excluding hydrogens is 422 g/mol. The van der Waals surface area contributed by atoms with Crippen LogP contribution in [-0.2, 0) is 0 Å². The summed E-state index contributed by atoms with van der Waals surface area (Å²) in [5, 5.41) is 4.66. The number of rotatable bonds is 2. The summed E-state index contributed by atoms with van der Waals surface area (Å²) in [5.74, 6) is 0.724. The van der Waals surface area contributed by atoms with Crippen molar-refractivity contribution in [2.45, 2.75) is 0 Å². The molecule has 4 aromatic carbocycles. The van der Waals surface area contributed by atoms with Gasteiger partial charge >= 0.3 is 0 Å². The van der Waals surface area contributed by atoms with E-state index in [9.17, 15) is 0 Å². The number of fused-ring (bicyclic) bond motifs is 6. The molecule has 0 aliphatic rings. The van der Waals surface area contributed by atoms with E-state index in [0.717, 1.165) is 49.2 Å². The van der Waals surface area contributed by atoms with Gasteiger partial charge in [-0.3, -0.25) is 4.98 Å². The van der Waals surface area contributed by atoms with E-state index in [0.29, 0.717) is 0 Å². The molecule has 0 fully saturated rings. The molecule has 3 heterocycles. The van der Waals surface area contributed by atoms with Crippen LogP contribution < -0.4 is 0 Å².